The highest BCUT2D eigenvalue weighted by molar-refractivity contribution is 5.78. The molecule has 0 N–H and O–H groups in total. The highest BCUT2D eigenvalue weighted by Gasteiger charge is 2.14. The van der Waals surface area contributed by atoms with Gasteiger partial charge in [-0.3, -0.25) is 9.13 Å². The number of fused-ring (bicyclic) bond motifs is 1. The van der Waals surface area contributed by atoms with Gasteiger partial charge in [0.15, 0.2) is 5.65 Å². The van der Waals surface area contributed by atoms with Gasteiger partial charge in [-0.1, -0.05) is 48.0 Å². The summed E-state index contributed by atoms with van der Waals surface area (Å²) in [4.78, 5) is 17.4. The maximum atomic E-state index is 12.8. The molecule has 0 radical (unpaired) electrons. The molecule has 0 amide bonds. The van der Waals surface area contributed by atoms with E-state index in [1.165, 1.54) is 5.56 Å². The second kappa shape index (κ2) is 6.58. The van der Waals surface area contributed by atoms with E-state index in [1.807, 2.05) is 61.5 Å². The average molecular weight is 354 g/mol. The van der Waals surface area contributed by atoms with Gasteiger partial charge in [0, 0.05) is 12.6 Å². The summed E-state index contributed by atoms with van der Waals surface area (Å²) in [6.07, 6.45) is 0. The Hall–Kier alpha value is -3.65. The highest BCUT2D eigenvalue weighted by atomic mass is 16.1. The van der Waals surface area contributed by atoms with E-state index in [-0.39, 0.29) is 5.69 Å². The van der Waals surface area contributed by atoms with Gasteiger partial charge in [0.05, 0.1) is 29.4 Å². The van der Waals surface area contributed by atoms with Gasteiger partial charge in [-0.2, -0.15) is 5.26 Å². The van der Waals surface area contributed by atoms with Gasteiger partial charge in [0.1, 0.15) is 0 Å². The minimum Gasteiger partial charge on any atom is -0.286 e. The van der Waals surface area contributed by atoms with E-state index < -0.39 is 0 Å². The van der Waals surface area contributed by atoms with Crippen LogP contribution in [0.4, 0.5) is 0 Å². The van der Waals surface area contributed by atoms with E-state index in [2.05, 4.69) is 11.1 Å². The fourth-order valence-electron chi connectivity index (χ4n) is 3.26. The van der Waals surface area contributed by atoms with Gasteiger partial charge in [-0.15, -0.1) is 0 Å². The predicted molar refractivity (Wildman–Crippen MR) is 105 cm³/mol. The van der Waals surface area contributed by atoms with E-state index >= 15 is 0 Å². The third kappa shape index (κ3) is 2.91. The van der Waals surface area contributed by atoms with Crippen molar-refractivity contribution in [2.24, 2.45) is 7.05 Å². The van der Waals surface area contributed by atoms with Gasteiger partial charge >= 0.3 is 5.69 Å². The monoisotopic (exact) mass is 354 g/mol. The fourth-order valence-corrected chi connectivity index (χ4v) is 3.26. The maximum Gasteiger partial charge on any atom is 0.330 e. The van der Waals surface area contributed by atoms with Crippen LogP contribution in [-0.4, -0.2) is 14.1 Å². The lowest BCUT2D eigenvalue weighted by Gasteiger charge is -2.06. The number of rotatable bonds is 3. The first kappa shape index (κ1) is 16.8. The Morgan fingerprint density at radius 3 is 2.52 bits per heavy atom. The predicted octanol–water partition coefficient (Wildman–Crippen LogP) is 3.63. The number of nitriles is 1. The molecule has 2 aromatic heterocycles. The third-order valence-electron chi connectivity index (χ3n) is 4.77. The van der Waals surface area contributed by atoms with Crippen LogP contribution in [0.25, 0.3) is 22.4 Å². The molecule has 0 spiro atoms. The van der Waals surface area contributed by atoms with Crippen molar-refractivity contribution in [1.82, 2.24) is 14.1 Å². The zero-order chi connectivity index (χ0) is 19.0. The Balaban J connectivity index is 1.84. The number of benzene rings is 2. The van der Waals surface area contributed by atoms with Gasteiger partial charge < -0.3 is 0 Å². The molecule has 0 atom stereocenters. The van der Waals surface area contributed by atoms with Crippen LogP contribution in [0.2, 0.25) is 0 Å². The molecule has 0 bridgehead atoms. The Labute approximate surface area is 156 Å². The fraction of sp³-hybridized carbons (Fsp3) is 0.136. The van der Waals surface area contributed by atoms with Gasteiger partial charge in [0.2, 0.25) is 0 Å². The number of aromatic nitrogens is 3. The van der Waals surface area contributed by atoms with Crippen LogP contribution < -0.4 is 5.69 Å². The summed E-state index contributed by atoms with van der Waals surface area (Å²) in [5, 5.41) is 9.34. The molecule has 5 nitrogen and oxygen atoms in total. The molecule has 0 aliphatic carbocycles. The zero-order valence-corrected chi connectivity index (χ0v) is 15.2. The average Bonchev–Trinajstić information content (AvgIpc) is 2.94. The first-order chi connectivity index (χ1) is 13.1. The van der Waals surface area contributed by atoms with Crippen LogP contribution in [0.15, 0.2) is 65.5 Å². The minimum atomic E-state index is -0.108. The summed E-state index contributed by atoms with van der Waals surface area (Å²) in [6, 6.07) is 21.5. The van der Waals surface area contributed by atoms with E-state index in [4.69, 9.17) is 0 Å². The molecule has 4 aromatic rings. The summed E-state index contributed by atoms with van der Waals surface area (Å²) in [5.41, 5.74) is 5.54. The first-order valence-electron chi connectivity index (χ1n) is 8.70. The molecule has 132 valence electrons. The van der Waals surface area contributed by atoms with Crippen molar-refractivity contribution in [2.75, 3.05) is 0 Å². The summed E-state index contributed by atoms with van der Waals surface area (Å²) in [5.74, 6) is 0. The molecule has 4 rings (SSSR count). The molecule has 0 saturated carbocycles. The summed E-state index contributed by atoms with van der Waals surface area (Å²) >= 11 is 0. The number of nitrogens with zero attached hydrogens (tertiary/aromatic N) is 4. The Bertz CT molecular complexity index is 1240. The molecule has 0 unspecified atom stereocenters. The van der Waals surface area contributed by atoms with Gasteiger partial charge in [-0.05, 0) is 30.7 Å². The smallest absolute Gasteiger partial charge is 0.286 e. The first-order valence-corrected chi connectivity index (χ1v) is 8.70. The zero-order valence-electron chi connectivity index (χ0n) is 15.2. The standard InChI is InChI=1S/C22H18N4O/c1-15-7-9-16(10-8-15)14-26-20-12-11-19(24-21(20)25(2)22(26)27)18-6-4-3-5-17(18)13-23/h3-12H,14H2,1-2H3. The molecule has 0 saturated heterocycles. The molecule has 27 heavy (non-hydrogen) atoms. The lowest BCUT2D eigenvalue weighted by Crippen LogP contribution is -2.22. The second-order valence-electron chi connectivity index (χ2n) is 6.61. The van der Waals surface area contributed by atoms with Crippen molar-refractivity contribution in [3.63, 3.8) is 0 Å². The minimum absolute atomic E-state index is 0.108. The van der Waals surface area contributed by atoms with Crippen molar-refractivity contribution in [2.45, 2.75) is 13.5 Å². The quantitative estimate of drug-likeness (QED) is 0.564. The van der Waals surface area contributed by atoms with E-state index in [1.54, 1.807) is 22.2 Å². The Morgan fingerprint density at radius 1 is 1.04 bits per heavy atom. The Morgan fingerprint density at radius 2 is 1.78 bits per heavy atom. The van der Waals surface area contributed by atoms with Crippen molar-refractivity contribution in [3.8, 4) is 17.3 Å². The molecule has 2 heterocycles. The van der Waals surface area contributed by atoms with Crippen LogP contribution in [0.5, 0.6) is 0 Å². The normalized spacial score (nSPS) is 10.9. The van der Waals surface area contributed by atoms with Crippen molar-refractivity contribution in [3.05, 3.63) is 87.8 Å². The van der Waals surface area contributed by atoms with Crippen LogP contribution in [0.3, 0.4) is 0 Å². The second-order valence-corrected chi connectivity index (χ2v) is 6.61. The van der Waals surface area contributed by atoms with Crippen LogP contribution in [0, 0.1) is 18.3 Å². The number of pyridine rings is 1. The summed E-state index contributed by atoms with van der Waals surface area (Å²) in [6.45, 7) is 2.53. The molecule has 2 aromatic carbocycles. The Kier molecular flexibility index (Phi) is 4.09. The number of hydrogen-bond donors (Lipinski definition) is 0. The molecule has 0 aliphatic rings. The number of hydrogen-bond acceptors (Lipinski definition) is 3. The summed E-state index contributed by atoms with van der Waals surface area (Å²) < 4.78 is 3.29. The third-order valence-corrected chi connectivity index (χ3v) is 4.77. The summed E-state index contributed by atoms with van der Waals surface area (Å²) in [7, 11) is 1.73. The molecule has 0 fully saturated rings. The molecule has 5 heteroatoms. The lowest BCUT2D eigenvalue weighted by molar-refractivity contribution is 0.734. The van der Waals surface area contributed by atoms with E-state index in [0.29, 0.717) is 23.4 Å². The van der Waals surface area contributed by atoms with Crippen molar-refractivity contribution in [1.29, 1.82) is 5.26 Å². The highest BCUT2D eigenvalue weighted by Crippen LogP contribution is 2.24. The number of imidazole rings is 1. The van der Waals surface area contributed by atoms with Gasteiger partial charge in [-0.25, -0.2) is 9.78 Å². The van der Waals surface area contributed by atoms with E-state index in [9.17, 15) is 10.1 Å². The SMILES string of the molecule is Cc1ccc(Cn2c(=O)n(C)c3nc(-c4ccccc4C#N)ccc32)cc1. The topological polar surface area (TPSA) is 63.6 Å². The van der Waals surface area contributed by atoms with Gasteiger partial charge in [0.25, 0.3) is 0 Å². The maximum absolute atomic E-state index is 12.8. The van der Waals surface area contributed by atoms with Crippen LogP contribution in [0.1, 0.15) is 16.7 Å². The van der Waals surface area contributed by atoms with Crippen LogP contribution in [-0.2, 0) is 13.6 Å². The molecule has 0 aliphatic heterocycles. The molecular weight excluding hydrogens is 336 g/mol. The van der Waals surface area contributed by atoms with E-state index in [0.717, 1.165) is 16.6 Å². The molecular formula is C22H18N4O. The number of aryl methyl sites for hydroxylation is 2. The van der Waals surface area contributed by atoms with Crippen LogP contribution >= 0.6 is 0 Å². The lowest BCUT2D eigenvalue weighted by atomic mass is 10.1. The van der Waals surface area contributed by atoms with Crippen molar-refractivity contribution < 1.29 is 0 Å². The largest absolute Gasteiger partial charge is 0.330 e. The van der Waals surface area contributed by atoms with Crippen molar-refractivity contribution >= 4 is 11.2 Å².